The maximum Gasteiger partial charge on any atom is 0.410 e. The van der Waals surface area contributed by atoms with Gasteiger partial charge < -0.3 is 15.0 Å². The highest BCUT2D eigenvalue weighted by molar-refractivity contribution is 5.80. The number of amides is 2. The lowest BCUT2D eigenvalue weighted by Crippen LogP contribution is -2.40. The van der Waals surface area contributed by atoms with Gasteiger partial charge in [0.1, 0.15) is 0 Å². The van der Waals surface area contributed by atoms with Crippen molar-refractivity contribution in [1.82, 2.24) is 10.2 Å². The number of hydrogen-bond acceptors (Lipinski definition) is 3. The molecule has 2 atom stereocenters. The molecule has 1 N–H and O–H groups in total. The van der Waals surface area contributed by atoms with Gasteiger partial charge in [0.05, 0.1) is 6.61 Å². The predicted molar refractivity (Wildman–Crippen MR) is 48.7 cm³/mol. The van der Waals surface area contributed by atoms with Crippen molar-refractivity contribution in [2.75, 3.05) is 13.2 Å². The second-order valence-electron chi connectivity index (χ2n) is 3.71. The Morgan fingerprint density at radius 1 is 1.71 bits per heavy atom. The summed E-state index contributed by atoms with van der Waals surface area (Å²) in [5.41, 5.74) is 0. The first-order valence-corrected chi connectivity index (χ1v) is 4.93. The van der Waals surface area contributed by atoms with E-state index in [0.717, 1.165) is 6.42 Å². The van der Waals surface area contributed by atoms with E-state index in [1.807, 2.05) is 0 Å². The number of fused-ring (bicyclic) bond motifs is 2. The van der Waals surface area contributed by atoms with Crippen LogP contribution in [0.3, 0.4) is 0 Å². The number of nitrogens with one attached hydrogen (secondary N) is 1. The molecular formula is C9H14N2O3. The monoisotopic (exact) mass is 198 g/mol. The van der Waals surface area contributed by atoms with Gasteiger partial charge >= 0.3 is 6.09 Å². The van der Waals surface area contributed by atoms with Crippen molar-refractivity contribution in [3.05, 3.63) is 0 Å². The zero-order valence-electron chi connectivity index (χ0n) is 8.16. The summed E-state index contributed by atoms with van der Waals surface area (Å²) < 4.78 is 4.92. The number of nitrogens with zero attached hydrogens (tertiary/aromatic N) is 1. The second-order valence-corrected chi connectivity index (χ2v) is 3.71. The SMILES string of the molecule is CCOC(=O)N1C[C@@H]2C[C@H]1CC(=O)N2. The normalized spacial score (nSPS) is 30.1. The number of hydrogen-bond donors (Lipinski definition) is 1. The molecule has 2 fully saturated rings. The first-order valence-electron chi connectivity index (χ1n) is 4.93. The summed E-state index contributed by atoms with van der Waals surface area (Å²) in [6.45, 7) is 2.76. The Kier molecular flexibility index (Phi) is 2.31. The van der Waals surface area contributed by atoms with Crippen molar-refractivity contribution in [3.8, 4) is 0 Å². The van der Waals surface area contributed by atoms with Crippen molar-refractivity contribution in [3.63, 3.8) is 0 Å². The number of carbonyl (C=O) groups excluding carboxylic acids is 2. The van der Waals surface area contributed by atoms with Crippen molar-refractivity contribution < 1.29 is 14.3 Å². The van der Waals surface area contributed by atoms with Crippen LogP contribution < -0.4 is 5.32 Å². The Balaban J connectivity index is 2.02. The molecule has 5 nitrogen and oxygen atoms in total. The van der Waals surface area contributed by atoms with E-state index in [4.69, 9.17) is 4.74 Å². The van der Waals surface area contributed by atoms with Gasteiger partial charge in [-0.15, -0.1) is 0 Å². The van der Waals surface area contributed by atoms with E-state index in [0.29, 0.717) is 19.6 Å². The molecule has 0 spiro atoms. The van der Waals surface area contributed by atoms with E-state index < -0.39 is 0 Å². The fourth-order valence-corrected chi connectivity index (χ4v) is 2.15. The molecule has 0 unspecified atom stereocenters. The van der Waals surface area contributed by atoms with E-state index in [-0.39, 0.29) is 24.1 Å². The Morgan fingerprint density at radius 3 is 3.21 bits per heavy atom. The zero-order valence-corrected chi connectivity index (χ0v) is 8.16. The molecule has 5 heteroatoms. The van der Waals surface area contributed by atoms with Gasteiger partial charge in [-0.1, -0.05) is 0 Å². The van der Waals surface area contributed by atoms with Crippen LogP contribution in [0.25, 0.3) is 0 Å². The maximum atomic E-state index is 11.5. The smallest absolute Gasteiger partial charge is 0.410 e. The molecule has 2 saturated heterocycles. The summed E-state index contributed by atoms with van der Waals surface area (Å²) in [6, 6.07) is 0.179. The molecule has 0 saturated carbocycles. The molecule has 2 amide bonds. The van der Waals surface area contributed by atoms with Crippen LogP contribution in [0.2, 0.25) is 0 Å². The summed E-state index contributed by atoms with van der Waals surface area (Å²) in [5.74, 6) is 0.0399. The van der Waals surface area contributed by atoms with Gasteiger partial charge in [-0.05, 0) is 13.3 Å². The van der Waals surface area contributed by atoms with Gasteiger partial charge in [-0.25, -0.2) is 4.79 Å². The van der Waals surface area contributed by atoms with Gasteiger partial charge in [0, 0.05) is 25.0 Å². The van der Waals surface area contributed by atoms with E-state index >= 15 is 0 Å². The molecule has 2 aliphatic rings. The first-order chi connectivity index (χ1) is 6.70. The van der Waals surface area contributed by atoms with Crippen LogP contribution in [0.4, 0.5) is 4.79 Å². The third kappa shape index (κ3) is 1.54. The van der Waals surface area contributed by atoms with Gasteiger partial charge in [0.25, 0.3) is 0 Å². The second kappa shape index (κ2) is 3.48. The molecule has 0 aromatic carbocycles. The van der Waals surface area contributed by atoms with Crippen molar-refractivity contribution in [1.29, 1.82) is 0 Å². The quantitative estimate of drug-likeness (QED) is 0.650. The highest BCUT2D eigenvalue weighted by Crippen LogP contribution is 2.25. The lowest BCUT2D eigenvalue weighted by molar-refractivity contribution is -0.123. The highest BCUT2D eigenvalue weighted by Gasteiger charge is 2.41. The molecule has 2 bridgehead atoms. The predicted octanol–water partition coefficient (Wildman–Crippen LogP) is 0.106. The Bertz CT molecular complexity index is 267. The Morgan fingerprint density at radius 2 is 2.50 bits per heavy atom. The van der Waals surface area contributed by atoms with Gasteiger partial charge in [0.2, 0.25) is 5.91 Å². The summed E-state index contributed by atoms with van der Waals surface area (Å²) >= 11 is 0. The summed E-state index contributed by atoms with van der Waals surface area (Å²) in [4.78, 5) is 24.3. The topological polar surface area (TPSA) is 58.6 Å². The fraction of sp³-hybridized carbons (Fsp3) is 0.778. The largest absolute Gasteiger partial charge is 0.450 e. The van der Waals surface area contributed by atoms with Crippen LogP contribution in [-0.2, 0) is 9.53 Å². The molecule has 0 aromatic heterocycles. The van der Waals surface area contributed by atoms with Crippen LogP contribution in [0.1, 0.15) is 19.8 Å². The van der Waals surface area contributed by atoms with Crippen LogP contribution in [0.5, 0.6) is 0 Å². The third-order valence-corrected chi connectivity index (χ3v) is 2.70. The van der Waals surface area contributed by atoms with Gasteiger partial charge in [-0.3, -0.25) is 4.79 Å². The molecule has 2 heterocycles. The maximum absolute atomic E-state index is 11.5. The molecule has 2 aliphatic heterocycles. The molecule has 78 valence electrons. The molecular weight excluding hydrogens is 184 g/mol. The number of ether oxygens (including phenoxy) is 1. The number of piperidine rings is 1. The van der Waals surface area contributed by atoms with Crippen molar-refractivity contribution >= 4 is 12.0 Å². The van der Waals surface area contributed by atoms with Crippen LogP contribution in [0.15, 0.2) is 0 Å². The molecule has 0 aromatic rings. The number of carbonyl (C=O) groups is 2. The standard InChI is InChI=1S/C9H14N2O3/c1-2-14-9(13)11-5-6-3-7(11)4-8(12)10-6/h6-7H,2-5H2,1H3,(H,10,12)/t6-,7-/m0/s1. The lowest BCUT2D eigenvalue weighted by atomic mass is 10.0. The molecule has 14 heavy (non-hydrogen) atoms. The van der Waals surface area contributed by atoms with Crippen LogP contribution in [0, 0.1) is 0 Å². The van der Waals surface area contributed by atoms with Crippen molar-refractivity contribution in [2.45, 2.75) is 31.8 Å². The minimum Gasteiger partial charge on any atom is -0.450 e. The molecule has 0 aliphatic carbocycles. The minimum atomic E-state index is -0.295. The number of rotatable bonds is 1. The van der Waals surface area contributed by atoms with Crippen LogP contribution >= 0.6 is 0 Å². The van der Waals surface area contributed by atoms with E-state index in [1.54, 1.807) is 11.8 Å². The van der Waals surface area contributed by atoms with Gasteiger partial charge in [-0.2, -0.15) is 0 Å². The van der Waals surface area contributed by atoms with E-state index in [2.05, 4.69) is 5.32 Å². The molecule has 0 radical (unpaired) electrons. The van der Waals surface area contributed by atoms with Crippen molar-refractivity contribution in [2.24, 2.45) is 0 Å². The fourth-order valence-electron chi connectivity index (χ4n) is 2.15. The average molecular weight is 198 g/mol. The zero-order chi connectivity index (χ0) is 10.1. The first kappa shape index (κ1) is 9.30. The third-order valence-electron chi connectivity index (χ3n) is 2.70. The van der Waals surface area contributed by atoms with E-state index in [9.17, 15) is 9.59 Å². The summed E-state index contributed by atoms with van der Waals surface area (Å²) in [5, 5.41) is 2.85. The van der Waals surface area contributed by atoms with E-state index in [1.165, 1.54) is 0 Å². The van der Waals surface area contributed by atoms with Gasteiger partial charge in [0.15, 0.2) is 0 Å². The average Bonchev–Trinajstić information content (AvgIpc) is 2.42. The summed E-state index contributed by atoms with van der Waals surface area (Å²) in [7, 11) is 0. The van der Waals surface area contributed by atoms with Crippen LogP contribution in [-0.4, -0.2) is 42.1 Å². The summed E-state index contributed by atoms with van der Waals surface area (Å²) in [6.07, 6.45) is 0.983. The highest BCUT2D eigenvalue weighted by atomic mass is 16.6. The molecule has 2 rings (SSSR count). The Labute approximate surface area is 82.4 Å². The minimum absolute atomic E-state index is 0.0399. The Hall–Kier alpha value is -1.26. The number of likely N-dealkylation sites (tertiary alicyclic amines) is 1. The lowest BCUT2D eigenvalue weighted by Gasteiger charge is -2.22.